The van der Waals surface area contributed by atoms with Gasteiger partial charge in [-0.05, 0) is 50.4 Å². The molecule has 4 heteroatoms. The maximum atomic E-state index is 12.4. The lowest BCUT2D eigenvalue weighted by Gasteiger charge is -2.30. The minimum Gasteiger partial charge on any atom is -0.480 e. The van der Waals surface area contributed by atoms with E-state index in [0.29, 0.717) is 12.3 Å². The fraction of sp³-hybridized carbons (Fsp3) is 0.867. The first-order valence-corrected chi connectivity index (χ1v) is 7.52. The Balaban J connectivity index is 1.93. The molecule has 2 bridgehead atoms. The molecule has 1 N–H and O–H groups in total. The van der Waals surface area contributed by atoms with Crippen molar-refractivity contribution in [3.63, 3.8) is 0 Å². The number of rotatable bonds is 6. The van der Waals surface area contributed by atoms with Crippen molar-refractivity contribution in [2.45, 2.75) is 58.4 Å². The summed E-state index contributed by atoms with van der Waals surface area (Å²) in [6.07, 6.45) is 6.43. The highest BCUT2D eigenvalue weighted by molar-refractivity contribution is 5.81. The first-order chi connectivity index (χ1) is 9.01. The Morgan fingerprint density at radius 3 is 2.53 bits per heavy atom. The van der Waals surface area contributed by atoms with E-state index in [4.69, 9.17) is 5.11 Å². The van der Waals surface area contributed by atoms with Crippen LogP contribution in [0.3, 0.4) is 0 Å². The number of hydrogen-bond donors (Lipinski definition) is 1. The Kier molecular flexibility index (Phi) is 4.48. The van der Waals surface area contributed by atoms with Gasteiger partial charge in [-0.15, -0.1) is 0 Å². The smallest absolute Gasteiger partial charge is 0.323 e. The number of carboxylic acid groups (broad SMARTS) is 1. The molecule has 2 aliphatic carbocycles. The third kappa shape index (κ3) is 3.28. The number of nitrogens with zero attached hydrogens (tertiary/aromatic N) is 1. The third-order valence-electron chi connectivity index (χ3n) is 5.07. The van der Waals surface area contributed by atoms with Crippen molar-refractivity contribution >= 4 is 11.9 Å². The number of carboxylic acids is 1. The second kappa shape index (κ2) is 5.93. The minimum absolute atomic E-state index is 0.0159. The number of amides is 1. The van der Waals surface area contributed by atoms with E-state index < -0.39 is 5.97 Å². The predicted molar refractivity (Wildman–Crippen MR) is 72.7 cm³/mol. The van der Waals surface area contributed by atoms with Gasteiger partial charge in [0, 0.05) is 12.5 Å². The average Bonchev–Trinajstić information content (AvgIpc) is 2.96. The van der Waals surface area contributed by atoms with Crippen LogP contribution in [-0.2, 0) is 9.59 Å². The Morgan fingerprint density at radius 2 is 2.05 bits per heavy atom. The van der Waals surface area contributed by atoms with Crippen LogP contribution in [0.2, 0.25) is 0 Å². The standard InChI is InChI=1S/C15H25NO3/c1-3-10(2)16(9-15(18)19)14(17)8-13-7-11-4-5-12(13)6-11/h10-13H,3-9H2,1-2H3,(H,18,19). The lowest BCUT2D eigenvalue weighted by Crippen LogP contribution is -2.42. The maximum Gasteiger partial charge on any atom is 0.323 e. The largest absolute Gasteiger partial charge is 0.480 e. The van der Waals surface area contributed by atoms with Crippen LogP contribution >= 0.6 is 0 Å². The van der Waals surface area contributed by atoms with Crippen molar-refractivity contribution in [3.8, 4) is 0 Å². The summed E-state index contributed by atoms with van der Waals surface area (Å²) in [7, 11) is 0. The van der Waals surface area contributed by atoms with Crippen LogP contribution in [0.4, 0.5) is 0 Å². The first-order valence-electron chi connectivity index (χ1n) is 7.52. The van der Waals surface area contributed by atoms with Gasteiger partial charge in [0.25, 0.3) is 0 Å². The van der Waals surface area contributed by atoms with Crippen molar-refractivity contribution in [1.82, 2.24) is 4.90 Å². The van der Waals surface area contributed by atoms with Gasteiger partial charge in [0.2, 0.25) is 5.91 Å². The maximum absolute atomic E-state index is 12.4. The molecule has 2 aliphatic rings. The topological polar surface area (TPSA) is 57.6 Å². The van der Waals surface area contributed by atoms with Crippen molar-refractivity contribution < 1.29 is 14.7 Å². The van der Waals surface area contributed by atoms with Crippen LogP contribution in [0.15, 0.2) is 0 Å². The monoisotopic (exact) mass is 267 g/mol. The molecule has 4 nitrogen and oxygen atoms in total. The van der Waals surface area contributed by atoms with Gasteiger partial charge in [0.1, 0.15) is 6.54 Å². The number of carbonyl (C=O) groups is 2. The molecule has 19 heavy (non-hydrogen) atoms. The Labute approximate surface area is 115 Å². The normalized spacial score (nSPS) is 30.3. The molecular formula is C15H25NO3. The molecule has 0 saturated heterocycles. The average molecular weight is 267 g/mol. The second-order valence-electron chi connectivity index (χ2n) is 6.31. The van der Waals surface area contributed by atoms with E-state index in [0.717, 1.165) is 18.3 Å². The third-order valence-corrected chi connectivity index (χ3v) is 5.07. The van der Waals surface area contributed by atoms with Crippen LogP contribution in [0.25, 0.3) is 0 Å². The van der Waals surface area contributed by atoms with Gasteiger partial charge < -0.3 is 10.0 Å². The van der Waals surface area contributed by atoms with E-state index >= 15 is 0 Å². The van der Waals surface area contributed by atoms with Gasteiger partial charge in [0.05, 0.1) is 0 Å². The van der Waals surface area contributed by atoms with E-state index in [1.54, 1.807) is 4.90 Å². The summed E-state index contributed by atoms with van der Waals surface area (Å²) in [6, 6.07) is 0.0159. The zero-order chi connectivity index (χ0) is 14.0. The summed E-state index contributed by atoms with van der Waals surface area (Å²) in [5.41, 5.74) is 0. The van der Waals surface area contributed by atoms with Crippen LogP contribution in [0.1, 0.15) is 52.4 Å². The van der Waals surface area contributed by atoms with E-state index in [-0.39, 0.29) is 18.5 Å². The molecule has 0 aliphatic heterocycles. The molecule has 0 heterocycles. The molecule has 2 fully saturated rings. The van der Waals surface area contributed by atoms with Gasteiger partial charge in [-0.3, -0.25) is 9.59 Å². The number of fused-ring (bicyclic) bond motifs is 2. The SMILES string of the molecule is CCC(C)N(CC(=O)O)C(=O)CC1CC2CCC1C2. The quantitative estimate of drug-likeness (QED) is 0.804. The Morgan fingerprint density at radius 1 is 1.32 bits per heavy atom. The summed E-state index contributed by atoms with van der Waals surface area (Å²) in [5, 5.41) is 8.95. The van der Waals surface area contributed by atoms with Crippen molar-refractivity contribution in [1.29, 1.82) is 0 Å². The van der Waals surface area contributed by atoms with Gasteiger partial charge >= 0.3 is 5.97 Å². The predicted octanol–water partition coefficient (Wildman–Crippen LogP) is 2.52. The lowest BCUT2D eigenvalue weighted by atomic mass is 9.86. The van der Waals surface area contributed by atoms with E-state index in [2.05, 4.69) is 0 Å². The molecule has 1 amide bonds. The molecule has 2 saturated carbocycles. The van der Waals surface area contributed by atoms with Crippen LogP contribution < -0.4 is 0 Å². The molecule has 2 rings (SSSR count). The second-order valence-corrected chi connectivity index (χ2v) is 6.31. The van der Waals surface area contributed by atoms with Gasteiger partial charge in [-0.25, -0.2) is 0 Å². The molecule has 0 radical (unpaired) electrons. The van der Waals surface area contributed by atoms with E-state index in [1.165, 1.54) is 25.7 Å². The number of carbonyl (C=O) groups excluding carboxylic acids is 1. The van der Waals surface area contributed by atoms with Gasteiger partial charge in [-0.2, -0.15) is 0 Å². The fourth-order valence-electron chi connectivity index (χ4n) is 3.82. The van der Waals surface area contributed by atoms with Crippen LogP contribution in [0, 0.1) is 17.8 Å². The molecule has 0 spiro atoms. The summed E-state index contributed by atoms with van der Waals surface area (Å²) >= 11 is 0. The highest BCUT2D eigenvalue weighted by atomic mass is 16.4. The van der Waals surface area contributed by atoms with Gasteiger partial charge in [0.15, 0.2) is 0 Å². The van der Waals surface area contributed by atoms with Gasteiger partial charge in [-0.1, -0.05) is 13.3 Å². The van der Waals surface area contributed by atoms with Crippen LogP contribution in [0.5, 0.6) is 0 Å². The Hall–Kier alpha value is -1.06. The van der Waals surface area contributed by atoms with Crippen molar-refractivity contribution in [3.05, 3.63) is 0 Å². The zero-order valence-corrected chi connectivity index (χ0v) is 12.0. The fourth-order valence-corrected chi connectivity index (χ4v) is 3.82. The molecule has 4 unspecified atom stereocenters. The lowest BCUT2D eigenvalue weighted by molar-refractivity contribution is -0.146. The highest BCUT2D eigenvalue weighted by Gasteiger charge is 2.40. The molecule has 0 aromatic rings. The summed E-state index contributed by atoms with van der Waals surface area (Å²) in [6.45, 7) is 3.76. The number of aliphatic carboxylic acids is 1. The zero-order valence-electron chi connectivity index (χ0n) is 12.0. The molecule has 108 valence electrons. The van der Waals surface area contributed by atoms with Crippen molar-refractivity contribution in [2.75, 3.05) is 6.54 Å². The molecule has 0 aromatic carbocycles. The molecular weight excluding hydrogens is 242 g/mol. The molecule has 0 aromatic heterocycles. The van der Waals surface area contributed by atoms with Crippen LogP contribution in [-0.4, -0.2) is 34.5 Å². The van der Waals surface area contributed by atoms with Crippen molar-refractivity contribution in [2.24, 2.45) is 17.8 Å². The molecule has 4 atom stereocenters. The summed E-state index contributed by atoms with van der Waals surface area (Å²) in [4.78, 5) is 24.8. The number of hydrogen-bond acceptors (Lipinski definition) is 2. The Bertz CT molecular complexity index is 355. The first kappa shape index (κ1) is 14.4. The van der Waals surface area contributed by atoms with E-state index in [1.807, 2.05) is 13.8 Å². The minimum atomic E-state index is -0.915. The highest BCUT2D eigenvalue weighted by Crippen LogP contribution is 2.49. The van der Waals surface area contributed by atoms with E-state index in [9.17, 15) is 9.59 Å². The summed E-state index contributed by atoms with van der Waals surface area (Å²) < 4.78 is 0. The summed E-state index contributed by atoms with van der Waals surface area (Å²) in [5.74, 6) is 1.18.